The molecule has 0 aromatic heterocycles. The number of hydrogen-bond acceptors (Lipinski definition) is 2. The Labute approximate surface area is 131 Å². The molecule has 0 saturated heterocycles. The van der Waals surface area contributed by atoms with E-state index in [9.17, 15) is 10.1 Å². The van der Waals surface area contributed by atoms with Crippen molar-refractivity contribution in [1.82, 2.24) is 0 Å². The summed E-state index contributed by atoms with van der Waals surface area (Å²) in [6.07, 6.45) is 0. The molecule has 2 aromatic rings. The Kier molecular flexibility index (Phi) is 4.59. The molecule has 0 aliphatic rings. The van der Waals surface area contributed by atoms with Crippen LogP contribution >= 0.6 is 27.5 Å². The predicted molar refractivity (Wildman–Crippen MR) is 83.0 cm³/mol. The molecule has 0 aliphatic carbocycles. The first-order valence-electron chi connectivity index (χ1n) is 5.98. The number of carbonyl (C=O) groups is 1. The van der Waals surface area contributed by atoms with Gasteiger partial charge in [-0.25, -0.2) is 0 Å². The minimum Gasteiger partial charge on any atom is -0.292 e. The summed E-state index contributed by atoms with van der Waals surface area (Å²) in [7, 11) is 0. The van der Waals surface area contributed by atoms with Gasteiger partial charge in [0.05, 0.1) is 6.07 Å². The molecule has 0 spiro atoms. The fourth-order valence-electron chi connectivity index (χ4n) is 1.92. The van der Waals surface area contributed by atoms with E-state index in [2.05, 4.69) is 22.0 Å². The number of ketones is 1. The highest BCUT2D eigenvalue weighted by molar-refractivity contribution is 9.10. The maximum atomic E-state index is 12.5. The molecule has 0 heterocycles. The SMILES string of the molecule is Cc1ccc(Br)c(C(=O)C(C#N)c2ccc(Cl)cc2)c1. The maximum absolute atomic E-state index is 12.5. The van der Waals surface area contributed by atoms with Crippen molar-refractivity contribution >= 4 is 33.3 Å². The Morgan fingerprint density at radius 3 is 2.50 bits per heavy atom. The maximum Gasteiger partial charge on any atom is 0.185 e. The van der Waals surface area contributed by atoms with E-state index >= 15 is 0 Å². The number of halogens is 2. The average molecular weight is 349 g/mol. The quantitative estimate of drug-likeness (QED) is 0.740. The fraction of sp³-hybridized carbons (Fsp3) is 0.125. The smallest absolute Gasteiger partial charge is 0.185 e. The van der Waals surface area contributed by atoms with E-state index < -0.39 is 5.92 Å². The molecule has 0 radical (unpaired) electrons. The largest absolute Gasteiger partial charge is 0.292 e. The van der Waals surface area contributed by atoms with Crippen LogP contribution in [0.2, 0.25) is 5.02 Å². The lowest BCUT2D eigenvalue weighted by atomic mass is 9.91. The van der Waals surface area contributed by atoms with Crippen LogP contribution in [-0.4, -0.2) is 5.78 Å². The fourth-order valence-corrected chi connectivity index (χ4v) is 2.49. The van der Waals surface area contributed by atoms with Crippen LogP contribution in [0.15, 0.2) is 46.9 Å². The van der Waals surface area contributed by atoms with Gasteiger partial charge in [-0.2, -0.15) is 5.26 Å². The summed E-state index contributed by atoms with van der Waals surface area (Å²) in [6.45, 7) is 1.91. The van der Waals surface area contributed by atoms with Crippen LogP contribution in [0.3, 0.4) is 0 Å². The molecule has 100 valence electrons. The predicted octanol–water partition coefficient (Wildman–Crippen LogP) is 4.90. The zero-order chi connectivity index (χ0) is 14.7. The molecule has 1 unspecified atom stereocenters. The van der Waals surface area contributed by atoms with Crippen LogP contribution in [0, 0.1) is 18.3 Å². The van der Waals surface area contributed by atoms with Gasteiger partial charge < -0.3 is 0 Å². The molecular weight excluding hydrogens is 338 g/mol. The van der Waals surface area contributed by atoms with E-state index in [1.165, 1.54) is 0 Å². The van der Waals surface area contributed by atoms with Crippen LogP contribution in [0.5, 0.6) is 0 Å². The summed E-state index contributed by atoms with van der Waals surface area (Å²) in [6, 6.07) is 14.4. The molecule has 20 heavy (non-hydrogen) atoms. The molecular formula is C16H11BrClNO. The van der Waals surface area contributed by atoms with E-state index in [1.54, 1.807) is 30.3 Å². The van der Waals surface area contributed by atoms with Crippen molar-refractivity contribution in [2.45, 2.75) is 12.8 Å². The molecule has 4 heteroatoms. The molecule has 0 fully saturated rings. The van der Waals surface area contributed by atoms with Gasteiger partial charge in [-0.1, -0.05) is 51.3 Å². The highest BCUT2D eigenvalue weighted by Crippen LogP contribution is 2.27. The van der Waals surface area contributed by atoms with E-state index in [4.69, 9.17) is 11.6 Å². The van der Waals surface area contributed by atoms with Gasteiger partial charge in [-0.15, -0.1) is 0 Å². The third-order valence-corrected chi connectivity index (χ3v) is 3.93. The molecule has 0 aliphatic heterocycles. The summed E-state index contributed by atoms with van der Waals surface area (Å²) >= 11 is 9.19. The van der Waals surface area contributed by atoms with E-state index in [-0.39, 0.29) is 5.78 Å². The zero-order valence-electron chi connectivity index (χ0n) is 10.7. The lowest BCUT2D eigenvalue weighted by Crippen LogP contribution is -2.12. The van der Waals surface area contributed by atoms with Crippen molar-refractivity contribution in [3.63, 3.8) is 0 Å². The Morgan fingerprint density at radius 2 is 1.90 bits per heavy atom. The Hall–Kier alpha value is -1.63. The summed E-state index contributed by atoms with van der Waals surface area (Å²) in [5, 5.41) is 9.90. The Balaban J connectivity index is 2.42. The van der Waals surface area contributed by atoms with Gasteiger partial charge in [-0.3, -0.25) is 4.79 Å². The molecule has 0 saturated carbocycles. The van der Waals surface area contributed by atoms with Crippen LogP contribution in [-0.2, 0) is 0 Å². The molecule has 0 bridgehead atoms. The molecule has 2 nitrogen and oxygen atoms in total. The topological polar surface area (TPSA) is 40.9 Å². The van der Waals surface area contributed by atoms with Crippen molar-refractivity contribution in [1.29, 1.82) is 5.26 Å². The minimum absolute atomic E-state index is 0.217. The normalized spacial score (nSPS) is 11.7. The van der Waals surface area contributed by atoms with Crippen molar-refractivity contribution in [2.75, 3.05) is 0 Å². The number of aryl methyl sites for hydroxylation is 1. The van der Waals surface area contributed by atoms with Gasteiger partial charge in [-0.05, 0) is 36.8 Å². The number of carbonyl (C=O) groups excluding carboxylic acids is 1. The van der Waals surface area contributed by atoms with Crippen LogP contribution in [0.1, 0.15) is 27.4 Å². The molecule has 2 aromatic carbocycles. The zero-order valence-corrected chi connectivity index (χ0v) is 13.1. The number of Topliss-reactive ketones (excluding diaryl/α,β-unsaturated/α-hetero) is 1. The second-order valence-electron chi connectivity index (χ2n) is 4.46. The van der Waals surface area contributed by atoms with Crippen LogP contribution in [0.4, 0.5) is 0 Å². The van der Waals surface area contributed by atoms with Crippen molar-refractivity contribution in [2.24, 2.45) is 0 Å². The van der Waals surface area contributed by atoms with Gasteiger partial charge in [0.2, 0.25) is 0 Å². The van der Waals surface area contributed by atoms with Crippen molar-refractivity contribution in [3.05, 3.63) is 68.7 Å². The standard InChI is InChI=1S/C16H11BrClNO/c1-10-2-7-15(17)13(8-10)16(20)14(9-19)11-3-5-12(18)6-4-11/h2-8,14H,1H3. The molecule has 1 atom stereocenters. The van der Waals surface area contributed by atoms with Crippen molar-refractivity contribution in [3.8, 4) is 6.07 Å². The molecule has 0 amide bonds. The second kappa shape index (κ2) is 6.21. The summed E-state index contributed by atoms with van der Waals surface area (Å²) in [5.74, 6) is -1.05. The Bertz CT molecular complexity index is 689. The number of nitriles is 1. The van der Waals surface area contributed by atoms with Crippen molar-refractivity contribution < 1.29 is 4.79 Å². The first-order valence-corrected chi connectivity index (χ1v) is 7.15. The number of hydrogen-bond donors (Lipinski definition) is 0. The van der Waals surface area contributed by atoms with Gasteiger partial charge in [0.1, 0.15) is 5.92 Å². The third kappa shape index (κ3) is 3.09. The monoisotopic (exact) mass is 347 g/mol. The van der Waals surface area contributed by atoms with Gasteiger partial charge in [0.15, 0.2) is 5.78 Å². The van der Waals surface area contributed by atoms with Gasteiger partial charge in [0, 0.05) is 15.1 Å². The average Bonchev–Trinajstić information content (AvgIpc) is 2.44. The summed E-state index contributed by atoms with van der Waals surface area (Å²) in [4.78, 5) is 12.5. The van der Waals surface area contributed by atoms with E-state index in [0.717, 1.165) is 5.56 Å². The summed E-state index contributed by atoms with van der Waals surface area (Å²) in [5.41, 5.74) is 2.14. The highest BCUT2D eigenvalue weighted by atomic mass is 79.9. The first-order chi connectivity index (χ1) is 9.52. The number of nitrogens with zero attached hydrogens (tertiary/aromatic N) is 1. The first kappa shape index (κ1) is 14.8. The molecule has 0 N–H and O–H groups in total. The van der Waals surface area contributed by atoms with E-state index in [1.807, 2.05) is 19.1 Å². The number of rotatable bonds is 3. The van der Waals surface area contributed by atoms with Crippen LogP contribution in [0.25, 0.3) is 0 Å². The lowest BCUT2D eigenvalue weighted by Gasteiger charge is -2.11. The molecule has 2 rings (SSSR count). The van der Waals surface area contributed by atoms with E-state index in [0.29, 0.717) is 20.6 Å². The number of benzene rings is 2. The van der Waals surface area contributed by atoms with Gasteiger partial charge in [0.25, 0.3) is 0 Å². The van der Waals surface area contributed by atoms with Gasteiger partial charge >= 0.3 is 0 Å². The third-order valence-electron chi connectivity index (χ3n) is 2.98. The Morgan fingerprint density at radius 1 is 1.25 bits per heavy atom. The lowest BCUT2D eigenvalue weighted by molar-refractivity contribution is 0.0978. The highest BCUT2D eigenvalue weighted by Gasteiger charge is 2.23. The summed E-state index contributed by atoms with van der Waals surface area (Å²) < 4.78 is 0.697. The second-order valence-corrected chi connectivity index (χ2v) is 5.75. The minimum atomic E-state index is -0.828. The van der Waals surface area contributed by atoms with Crippen LogP contribution < -0.4 is 0 Å².